The van der Waals surface area contributed by atoms with E-state index in [1.165, 1.54) is 5.56 Å². The summed E-state index contributed by atoms with van der Waals surface area (Å²) in [6.07, 6.45) is 5.02. The molecular formula is C12H14N4. The van der Waals surface area contributed by atoms with Crippen molar-refractivity contribution in [3.8, 4) is 0 Å². The SMILES string of the molecule is Cc1ccc(C(NN)c2cnccn2)cc1. The van der Waals surface area contributed by atoms with Crippen LogP contribution in [0.15, 0.2) is 42.9 Å². The van der Waals surface area contributed by atoms with Gasteiger partial charge in [0.15, 0.2) is 0 Å². The first-order chi connectivity index (χ1) is 7.81. The summed E-state index contributed by atoms with van der Waals surface area (Å²) in [4.78, 5) is 8.28. The molecule has 1 heterocycles. The van der Waals surface area contributed by atoms with Crippen molar-refractivity contribution in [2.75, 3.05) is 0 Å². The lowest BCUT2D eigenvalue weighted by Crippen LogP contribution is -2.29. The number of nitrogens with one attached hydrogen (secondary N) is 1. The monoisotopic (exact) mass is 214 g/mol. The maximum atomic E-state index is 5.56. The van der Waals surface area contributed by atoms with E-state index in [-0.39, 0.29) is 6.04 Å². The van der Waals surface area contributed by atoms with Gasteiger partial charge in [-0.2, -0.15) is 0 Å². The third kappa shape index (κ3) is 2.24. The molecule has 0 aliphatic carbocycles. The average Bonchev–Trinajstić information content (AvgIpc) is 2.34. The minimum absolute atomic E-state index is 0.116. The van der Waals surface area contributed by atoms with Gasteiger partial charge in [-0.05, 0) is 12.5 Å². The molecular weight excluding hydrogens is 200 g/mol. The fraction of sp³-hybridized carbons (Fsp3) is 0.167. The Morgan fingerprint density at radius 2 is 1.94 bits per heavy atom. The number of hydrazine groups is 1. The summed E-state index contributed by atoms with van der Waals surface area (Å²) in [7, 11) is 0. The number of aromatic nitrogens is 2. The number of nitrogens with two attached hydrogens (primary N) is 1. The number of benzene rings is 1. The third-order valence-corrected chi connectivity index (χ3v) is 2.46. The highest BCUT2D eigenvalue weighted by atomic mass is 15.2. The molecule has 0 saturated heterocycles. The maximum Gasteiger partial charge on any atom is 0.0897 e. The Bertz CT molecular complexity index is 438. The van der Waals surface area contributed by atoms with Crippen LogP contribution in [0.3, 0.4) is 0 Å². The molecule has 0 aliphatic heterocycles. The van der Waals surface area contributed by atoms with Gasteiger partial charge in [-0.1, -0.05) is 29.8 Å². The van der Waals surface area contributed by atoms with Crippen molar-refractivity contribution in [2.24, 2.45) is 5.84 Å². The molecule has 16 heavy (non-hydrogen) atoms. The fourth-order valence-corrected chi connectivity index (χ4v) is 1.57. The van der Waals surface area contributed by atoms with E-state index in [1.807, 2.05) is 12.1 Å². The van der Waals surface area contributed by atoms with Gasteiger partial charge >= 0.3 is 0 Å². The molecule has 1 aromatic heterocycles. The van der Waals surface area contributed by atoms with Crippen molar-refractivity contribution in [2.45, 2.75) is 13.0 Å². The number of hydrogen-bond acceptors (Lipinski definition) is 4. The first kappa shape index (κ1) is 10.7. The van der Waals surface area contributed by atoms with Gasteiger partial charge < -0.3 is 0 Å². The highest BCUT2D eigenvalue weighted by Crippen LogP contribution is 2.18. The van der Waals surface area contributed by atoms with Gasteiger partial charge in [0, 0.05) is 12.4 Å². The molecule has 3 N–H and O–H groups in total. The number of rotatable bonds is 3. The molecule has 0 bridgehead atoms. The molecule has 4 heteroatoms. The Kier molecular flexibility index (Phi) is 3.24. The van der Waals surface area contributed by atoms with Crippen LogP contribution in [0.2, 0.25) is 0 Å². The second kappa shape index (κ2) is 4.83. The van der Waals surface area contributed by atoms with Gasteiger partial charge in [0.25, 0.3) is 0 Å². The molecule has 4 nitrogen and oxygen atoms in total. The van der Waals surface area contributed by atoms with Crippen LogP contribution in [0.4, 0.5) is 0 Å². The lowest BCUT2D eigenvalue weighted by Gasteiger charge is -2.15. The topological polar surface area (TPSA) is 63.8 Å². The zero-order chi connectivity index (χ0) is 11.4. The van der Waals surface area contributed by atoms with E-state index in [4.69, 9.17) is 5.84 Å². The summed E-state index contributed by atoms with van der Waals surface area (Å²) in [5.41, 5.74) is 5.86. The summed E-state index contributed by atoms with van der Waals surface area (Å²) < 4.78 is 0. The number of aryl methyl sites for hydroxylation is 1. The largest absolute Gasteiger partial charge is 0.271 e. The van der Waals surface area contributed by atoms with E-state index >= 15 is 0 Å². The quantitative estimate of drug-likeness (QED) is 0.597. The molecule has 1 unspecified atom stereocenters. The standard InChI is InChI=1S/C12H14N4/c1-9-2-4-10(5-3-9)12(16-13)11-8-14-6-7-15-11/h2-8,12,16H,13H2,1H3. The second-order valence-corrected chi connectivity index (χ2v) is 3.64. The van der Waals surface area contributed by atoms with Gasteiger partial charge in [0.05, 0.1) is 17.9 Å². The molecule has 2 rings (SSSR count). The van der Waals surface area contributed by atoms with Gasteiger partial charge in [-0.25, -0.2) is 5.43 Å². The Morgan fingerprint density at radius 3 is 2.50 bits per heavy atom. The minimum Gasteiger partial charge on any atom is -0.271 e. The zero-order valence-electron chi connectivity index (χ0n) is 9.09. The van der Waals surface area contributed by atoms with Crippen molar-refractivity contribution in [1.82, 2.24) is 15.4 Å². The molecule has 1 atom stereocenters. The Hall–Kier alpha value is -1.78. The number of hydrogen-bond donors (Lipinski definition) is 2. The van der Waals surface area contributed by atoms with Crippen molar-refractivity contribution < 1.29 is 0 Å². The van der Waals surface area contributed by atoms with Crippen LogP contribution in [-0.4, -0.2) is 9.97 Å². The third-order valence-electron chi connectivity index (χ3n) is 2.46. The molecule has 0 aliphatic rings. The van der Waals surface area contributed by atoms with Gasteiger partial charge in [0.2, 0.25) is 0 Å². The molecule has 0 spiro atoms. The Morgan fingerprint density at radius 1 is 1.19 bits per heavy atom. The fourth-order valence-electron chi connectivity index (χ4n) is 1.57. The first-order valence-electron chi connectivity index (χ1n) is 5.10. The number of nitrogens with zero attached hydrogens (tertiary/aromatic N) is 2. The zero-order valence-corrected chi connectivity index (χ0v) is 9.09. The Balaban J connectivity index is 2.33. The normalized spacial score (nSPS) is 12.4. The van der Waals surface area contributed by atoms with E-state index in [2.05, 4.69) is 34.5 Å². The van der Waals surface area contributed by atoms with Crippen LogP contribution in [0.5, 0.6) is 0 Å². The van der Waals surface area contributed by atoms with Crippen LogP contribution in [-0.2, 0) is 0 Å². The summed E-state index contributed by atoms with van der Waals surface area (Å²) in [5.74, 6) is 5.56. The Labute approximate surface area is 94.5 Å². The highest BCUT2D eigenvalue weighted by Gasteiger charge is 2.12. The predicted molar refractivity (Wildman–Crippen MR) is 62.4 cm³/mol. The molecule has 0 amide bonds. The molecule has 1 aromatic carbocycles. The van der Waals surface area contributed by atoms with E-state index < -0.39 is 0 Å². The molecule has 0 fully saturated rings. The second-order valence-electron chi connectivity index (χ2n) is 3.64. The van der Waals surface area contributed by atoms with Crippen molar-refractivity contribution in [3.63, 3.8) is 0 Å². The van der Waals surface area contributed by atoms with Crippen LogP contribution in [0.1, 0.15) is 22.9 Å². The van der Waals surface area contributed by atoms with Crippen LogP contribution < -0.4 is 11.3 Å². The van der Waals surface area contributed by atoms with E-state index in [9.17, 15) is 0 Å². The van der Waals surface area contributed by atoms with Gasteiger partial charge in [0.1, 0.15) is 0 Å². The van der Waals surface area contributed by atoms with Crippen LogP contribution in [0, 0.1) is 6.92 Å². The summed E-state index contributed by atoms with van der Waals surface area (Å²) in [6.45, 7) is 2.05. The predicted octanol–water partition coefficient (Wildman–Crippen LogP) is 1.34. The van der Waals surface area contributed by atoms with Gasteiger partial charge in [-0.15, -0.1) is 0 Å². The summed E-state index contributed by atoms with van der Waals surface area (Å²) in [5, 5.41) is 0. The first-order valence-corrected chi connectivity index (χ1v) is 5.10. The van der Waals surface area contributed by atoms with E-state index in [1.54, 1.807) is 18.6 Å². The smallest absolute Gasteiger partial charge is 0.0897 e. The summed E-state index contributed by atoms with van der Waals surface area (Å²) in [6, 6.07) is 8.06. The van der Waals surface area contributed by atoms with E-state index in [0.717, 1.165) is 11.3 Å². The summed E-state index contributed by atoms with van der Waals surface area (Å²) >= 11 is 0. The van der Waals surface area contributed by atoms with Gasteiger partial charge in [-0.3, -0.25) is 15.8 Å². The van der Waals surface area contributed by atoms with Crippen molar-refractivity contribution >= 4 is 0 Å². The van der Waals surface area contributed by atoms with Crippen LogP contribution in [0.25, 0.3) is 0 Å². The van der Waals surface area contributed by atoms with E-state index in [0.29, 0.717) is 0 Å². The maximum absolute atomic E-state index is 5.56. The average molecular weight is 214 g/mol. The van der Waals surface area contributed by atoms with Crippen molar-refractivity contribution in [3.05, 3.63) is 59.7 Å². The lowest BCUT2D eigenvalue weighted by molar-refractivity contribution is 0.617. The lowest BCUT2D eigenvalue weighted by atomic mass is 10.0. The molecule has 2 aromatic rings. The molecule has 0 saturated carbocycles. The van der Waals surface area contributed by atoms with Crippen molar-refractivity contribution in [1.29, 1.82) is 0 Å². The molecule has 0 radical (unpaired) electrons. The minimum atomic E-state index is -0.116. The van der Waals surface area contributed by atoms with Crippen LogP contribution >= 0.6 is 0 Å². The molecule has 82 valence electrons. The highest BCUT2D eigenvalue weighted by molar-refractivity contribution is 5.29.